The fraction of sp³-hybridized carbons (Fsp3) is 0.348. The number of nitrogens with one attached hydrogen (secondary N) is 1. The number of fused-ring (bicyclic) bond motifs is 2. The molecule has 7 nitrogen and oxygen atoms in total. The van der Waals surface area contributed by atoms with Crippen molar-refractivity contribution in [3.8, 4) is 5.69 Å². The van der Waals surface area contributed by atoms with Gasteiger partial charge in [0.2, 0.25) is 5.91 Å². The maximum absolute atomic E-state index is 11.9. The predicted molar refractivity (Wildman–Crippen MR) is 123 cm³/mol. The monoisotopic (exact) mass is 478 g/mol. The van der Waals surface area contributed by atoms with Gasteiger partial charge in [-0.1, -0.05) is 6.07 Å². The number of carbonyl (C=O) groups excluding carboxylic acids is 1. The molecular formula is C23H23BrN6O. The molecule has 0 unspecified atom stereocenters. The lowest BCUT2D eigenvalue weighted by Crippen LogP contribution is -2.25. The third kappa shape index (κ3) is 3.69. The van der Waals surface area contributed by atoms with Crippen LogP contribution in [0.2, 0.25) is 0 Å². The Morgan fingerprint density at radius 2 is 2.16 bits per heavy atom. The summed E-state index contributed by atoms with van der Waals surface area (Å²) in [5.74, 6) is 1.46. The van der Waals surface area contributed by atoms with Crippen LogP contribution in [0, 0.1) is 18.8 Å². The smallest absolute Gasteiger partial charge is 0.222 e. The molecule has 0 saturated heterocycles. The van der Waals surface area contributed by atoms with E-state index in [1.54, 1.807) is 7.05 Å². The van der Waals surface area contributed by atoms with Crippen molar-refractivity contribution in [1.82, 2.24) is 30.0 Å². The van der Waals surface area contributed by atoms with Crippen molar-refractivity contribution in [3.05, 3.63) is 52.7 Å². The third-order valence-corrected chi connectivity index (χ3v) is 6.77. The molecule has 1 aromatic carbocycles. The number of hydrogen-bond acceptors (Lipinski definition) is 5. The highest BCUT2D eigenvalue weighted by atomic mass is 79.9. The average molecular weight is 479 g/mol. The van der Waals surface area contributed by atoms with Crippen LogP contribution in [-0.4, -0.2) is 37.7 Å². The Morgan fingerprint density at radius 3 is 3.00 bits per heavy atom. The Kier molecular flexibility index (Phi) is 5.17. The van der Waals surface area contributed by atoms with Gasteiger partial charge in [0.1, 0.15) is 10.4 Å². The molecule has 1 aliphatic carbocycles. The van der Waals surface area contributed by atoms with E-state index >= 15 is 0 Å². The van der Waals surface area contributed by atoms with Crippen LogP contribution in [-0.2, 0) is 11.2 Å². The molecule has 3 aromatic heterocycles. The van der Waals surface area contributed by atoms with E-state index < -0.39 is 0 Å². The molecule has 2 atom stereocenters. The van der Waals surface area contributed by atoms with E-state index in [0.29, 0.717) is 5.92 Å². The van der Waals surface area contributed by atoms with Crippen molar-refractivity contribution >= 4 is 43.8 Å². The van der Waals surface area contributed by atoms with Crippen molar-refractivity contribution in [2.45, 2.75) is 32.6 Å². The first-order valence-corrected chi connectivity index (χ1v) is 11.3. The van der Waals surface area contributed by atoms with Crippen LogP contribution in [0.15, 0.2) is 41.3 Å². The quantitative estimate of drug-likeness (QED) is 0.476. The number of halogens is 1. The van der Waals surface area contributed by atoms with Crippen LogP contribution in [0.3, 0.4) is 0 Å². The summed E-state index contributed by atoms with van der Waals surface area (Å²) in [6, 6.07) is 8.17. The Morgan fingerprint density at radius 1 is 1.29 bits per heavy atom. The van der Waals surface area contributed by atoms with Crippen LogP contribution in [0.1, 0.15) is 30.7 Å². The topological polar surface area (TPSA) is 85.6 Å². The number of rotatable bonds is 4. The Labute approximate surface area is 188 Å². The number of benzene rings is 1. The van der Waals surface area contributed by atoms with Crippen LogP contribution < -0.4 is 5.32 Å². The standard InChI is InChI=1S/C23H23BrN6O/c1-13-8-17(11-15-4-3-7-26-20(13)15)30-22-18(21(24)29-30)12-27-19(28-22)10-14-5-6-16(9-14)23(31)25-2/h3-4,7-8,11-12,14,16H,5-6,9-10H2,1-2H3,(H,25,31)/t14-,16-/m1/s1. The van der Waals surface area contributed by atoms with Gasteiger partial charge in [-0.3, -0.25) is 9.78 Å². The summed E-state index contributed by atoms with van der Waals surface area (Å²) in [4.78, 5) is 25.9. The van der Waals surface area contributed by atoms with Gasteiger partial charge in [0.05, 0.1) is 16.6 Å². The van der Waals surface area contributed by atoms with E-state index in [4.69, 9.17) is 4.98 Å². The van der Waals surface area contributed by atoms with Crippen molar-refractivity contribution in [2.75, 3.05) is 7.05 Å². The SMILES string of the molecule is CNC(=O)[C@@H]1CC[C@@H](Cc2ncc3c(Br)nn(-c4cc(C)c5ncccc5c4)c3n2)C1. The molecule has 1 N–H and O–H groups in total. The number of aryl methyl sites for hydroxylation is 1. The van der Waals surface area contributed by atoms with Gasteiger partial charge in [-0.15, -0.1) is 0 Å². The number of amides is 1. The molecule has 0 bridgehead atoms. The number of carbonyl (C=O) groups is 1. The summed E-state index contributed by atoms with van der Waals surface area (Å²) in [5, 5.41) is 9.40. The van der Waals surface area contributed by atoms with Crippen LogP contribution in [0.4, 0.5) is 0 Å². The number of aromatic nitrogens is 5. The lowest BCUT2D eigenvalue weighted by atomic mass is 10.0. The second-order valence-corrected chi connectivity index (χ2v) is 9.01. The van der Waals surface area contributed by atoms with E-state index in [2.05, 4.69) is 61.4 Å². The number of hydrogen-bond donors (Lipinski definition) is 1. The van der Waals surface area contributed by atoms with E-state index in [9.17, 15) is 4.79 Å². The first-order chi connectivity index (χ1) is 15.0. The van der Waals surface area contributed by atoms with Gasteiger partial charge in [-0.05, 0) is 71.8 Å². The fourth-order valence-corrected chi connectivity index (χ4v) is 5.06. The van der Waals surface area contributed by atoms with Gasteiger partial charge < -0.3 is 5.32 Å². The summed E-state index contributed by atoms with van der Waals surface area (Å²) in [7, 11) is 1.70. The molecule has 0 spiro atoms. The summed E-state index contributed by atoms with van der Waals surface area (Å²) in [5.41, 5.74) is 3.80. The minimum absolute atomic E-state index is 0.104. The minimum atomic E-state index is 0.104. The largest absolute Gasteiger partial charge is 0.359 e. The van der Waals surface area contributed by atoms with Gasteiger partial charge in [0.15, 0.2) is 5.65 Å². The van der Waals surface area contributed by atoms with Crippen LogP contribution in [0.25, 0.3) is 27.6 Å². The summed E-state index contributed by atoms with van der Waals surface area (Å²) in [6.07, 6.45) is 7.27. The van der Waals surface area contributed by atoms with E-state index in [0.717, 1.165) is 69.3 Å². The van der Waals surface area contributed by atoms with Crippen LogP contribution >= 0.6 is 15.9 Å². The fourth-order valence-electron chi connectivity index (χ4n) is 4.62. The van der Waals surface area contributed by atoms with Gasteiger partial charge in [-0.2, -0.15) is 5.10 Å². The predicted octanol–water partition coefficient (Wildman–Crippen LogP) is 4.14. The molecule has 0 radical (unpaired) electrons. The van der Waals surface area contributed by atoms with Gasteiger partial charge in [-0.25, -0.2) is 14.6 Å². The van der Waals surface area contributed by atoms with E-state index in [-0.39, 0.29) is 11.8 Å². The summed E-state index contributed by atoms with van der Waals surface area (Å²) in [6.45, 7) is 2.06. The van der Waals surface area contributed by atoms with E-state index in [1.807, 2.05) is 23.1 Å². The minimum Gasteiger partial charge on any atom is -0.359 e. The lowest BCUT2D eigenvalue weighted by Gasteiger charge is -2.10. The highest BCUT2D eigenvalue weighted by Gasteiger charge is 2.30. The van der Waals surface area contributed by atoms with Crippen LogP contribution in [0.5, 0.6) is 0 Å². The lowest BCUT2D eigenvalue weighted by molar-refractivity contribution is -0.124. The zero-order valence-electron chi connectivity index (χ0n) is 17.5. The van der Waals surface area contributed by atoms with Crippen molar-refractivity contribution in [3.63, 3.8) is 0 Å². The van der Waals surface area contributed by atoms with Crippen molar-refractivity contribution in [1.29, 1.82) is 0 Å². The molecule has 8 heteroatoms. The molecule has 0 aliphatic heterocycles. The summed E-state index contributed by atoms with van der Waals surface area (Å²) < 4.78 is 2.59. The first kappa shape index (κ1) is 20.1. The molecular weight excluding hydrogens is 456 g/mol. The van der Waals surface area contributed by atoms with Gasteiger partial charge >= 0.3 is 0 Å². The molecule has 1 fully saturated rings. The van der Waals surface area contributed by atoms with Gasteiger partial charge in [0.25, 0.3) is 0 Å². The Bertz CT molecular complexity index is 1300. The zero-order chi connectivity index (χ0) is 21.5. The highest BCUT2D eigenvalue weighted by molar-refractivity contribution is 9.10. The molecule has 1 saturated carbocycles. The first-order valence-electron chi connectivity index (χ1n) is 10.5. The average Bonchev–Trinajstić information content (AvgIpc) is 3.37. The van der Waals surface area contributed by atoms with Crippen molar-refractivity contribution < 1.29 is 4.79 Å². The molecule has 5 rings (SSSR count). The maximum Gasteiger partial charge on any atom is 0.222 e. The van der Waals surface area contributed by atoms with Crippen molar-refractivity contribution in [2.24, 2.45) is 11.8 Å². The Balaban J connectivity index is 1.50. The second kappa shape index (κ2) is 8.00. The highest BCUT2D eigenvalue weighted by Crippen LogP contribution is 2.33. The zero-order valence-corrected chi connectivity index (χ0v) is 19.1. The molecule has 3 heterocycles. The molecule has 158 valence electrons. The third-order valence-electron chi connectivity index (χ3n) is 6.18. The Hall–Kier alpha value is -2.87. The van der Waals surface area contributed by atoms with E-state index in [1.165, 1.54) is 0 Å². The summed E-state index contributed by atoms with van der Waals surface area (Å²) >= 11 is 3.56. The molecule has 1 aliphatic rings. The second-order valence-electron chi connectivity index (χ2n) is 8.26. The number of nitrogens with zero attached hydrogens (tertiary/aromatic N) is 5. The number of pyridine rings is 1. The maximum atomic E-state index is 11.9. The molecule has 31 heavy (non-hydrogen) atoms. The normalized spacial score (nSPS) is 18.7. The molecule has 1 amide bonds. The molecule has 4 aromatic rings. The van der Waals surface area contributed by atoms with Gasteiger partial charge in [0, 0.05) is 37.2 Å².